The summed E-state index contributed by atoms with van der Waals surface area (Å²) >= 11 is 0. The molecule has 1 saturated heterocycles. The van der Waals surface area contributed by atoms with Gasteiger partial charge in [0.05, 0.1) is 19.5 Å². The topological polar surface area (TPSA) is 262 Å². The average molecular weight is 639 g/mol. The number of nitrogens with one attached hydrogen (secondary N) is 2. The molecule has 44 heavy (non-hydrogen) atoms. The number of nitrogen functional groups attached to an aromatic ring is 1. The van der Waals surface area contributed by atoms with Crippen LogP contribution in [0.1, 0.15) is 59.6 Å². The number of hydrogen-bond acceptors (Lipinski definition) is 13. The molecule has 6 N–H and O–H groups in total. The largest absolute Gasteiger partial charge is 0.465 e. The highest BCUT2D eigenvalue weighted by Crippen LogP contribution is 2.45. The molecule has 0 unspecified atom stereocenters. The summed E-state index contributed by atoms with van der Waals surface area (Å²) in [6.07, 6.45) is 1.29. The Morgan fingerprint density at radius 3 is 2.32 bits per heavy atom. The first-order valence-corrected chi connectivity index (χ1v) is 15.9. The zero-order valence-corrected chi connectivity index (χ0v) is 25.8. The second-order valence-electron chi connectivity index (χ2n) is 10.2. The molecule has 2 aromatic heterocycles. The fourth-order valence-corrected chi connectivity index (χ4v) is 6.27. The number of imidazole rings is 1. The monoisotopic (exact) mass is 638 g/mol. The van der Waals surface area contributed by atoms with Gasteiger partial charge in [0.2, 0.25) is 7.44 Å². The summed E-state index contributed by atoms with van der Waals surface area (Å²) in [4.78, 5) is 40.0. The van der Waals surface area contributed by atoms with E-state index in [9.17, 15) is 29.9 Å². The maximum atomic E-state index is 14.2. The summed E-state index contributed by atoms with van der Waals surface area (Å²) in [5, 5.41) is 30.9. The van der Waals surface area contributed by atoms with Crippen molar-refractivity contribution in [2.45, 2.75) is 89.6 Å². The van der Waals surface area contributed by atoms with E-state index in [1.54, 1.807) is 0 Å². The second kappa shape index (κ2) is 15.4. The van der Waals surface area contributed by atoms with E-state index in [-0.39, 0.29) is 30.2 Å². The number of azide groups is 1. The first-order chi connectivity index (χ1) is 20.9. The van der Waals surface area contributed by atoms with Crippen molar-refractivity contribution in [1.29, 1.82) is 0 Å². The SMILES string of the molecule is CCCCOC(=O)[C@H](C)NP(=O)(/C=C/[C@@]1(N=[N+]=[N-])O[C@@H](n2cnc3c(N)ncnc32)[C@H](O)[C@@H]1O)N[C@@H](C)C(=O)OCCCC. The number of aliphatic hydroxyl groups is 2. The van der Waals surface area contributed by atoms with Crippen LogP contribution in [0.4, 0.5) is 5.82 Å². The molecular formula is C25H39N10O8P. The molecule has 1 aliphatic rings. The molecule has 0 saturated carbocycles. The highest BCUT2D eigenvalue weighted by Gasteiger charge is 2.54. The third kappa shape index (κ3) is 8.09. The molecule has 19 heteroatoms. The van der Waals surface area contributed by atoms with E-state index in [1.165, 1.54) is 31.1 Å². The normalized spacial score (nSPS) is 23.4. The Morgan fingerprint density at radius 2 is 1.77 bits per heavy atom. The smallest absolute Gasteiger partial charge is 0.323 e. The van der Waals surface area contributed by atoms with Crippen molar-refractivity contribution in [2.24, 2.45) is 5.11 Å². The van der Waals surface area contributed by atoms with Crippen molar-refractivity contribution in [3.8, 4) is 0 Å². The number of hydrogen-bond donors (Lipinski definition) is 5. The molecule has 2 aromatic rings. The number of esters is 2. The van der Waals surface area contributed by atoms with Crippen LogP contribution in [0, 0.1) is 0 Å². The molecular weight excluding hydrogens is 599 g/mol. The number of carbonyl (C=O) groups is 2. The van der Waals surface area contributed by atoms with Crippen LogP contribution >= 0.6 is 7.44 Å². The fourth-order valence-electron chi connectivity index (χ4n) is 4.23. The Hall–Kier alpha value is -3.63. The third-order valence-electron chi connectivity index (χ3n) is 6.70. The van der Waals surface area contributed by atoms with E-state index in [4.69, 9.17) is 19.9 Å². The van der Waals surface area contributed by atoms with Crippen LogP contribution in [0.15, 0.2) is 29.7 Å². The number of carbonyl (C=O) groups excluding carboxylic acids is 2. The third-order valence-corrected chi connectivity index (χ3v) is 8.81. The molecule has 0 spiro atoms. The van der Waals surface area contributed by atoms with Gasteiger partial charge in [0, 0.05) is 10.7 Å². The first kappa shape index (κ1) is 34.9. The van der Waals surface area contributed by atoms with Crippen LogP contribution in [0.3, 0.4) is 0 Å². The molecule has 6 atom stereocenters. The zero-order chi connectivity index (χ0) is 32.5. The van der Waals surface area contributed by atoms with Gasteiger partial charge in [-0.1, -0.05) is 31.8 Å². The number of nitrogens with two attached hydrogens (primary N) is 1. The zero-order valence-electron chi connectivity index (χ0n) is 24.9. The van der Waals surface area contributed by atoms with Gasteiger partial charge in [0.1, 0.15) is 36.1 Å². The minimum absolute atomic E-state index is 0.0609. The number of fused-ring (bicyclic) bond motifs is 1. The molecule has 1 aliphatic heterocycles. The van der Waals surface area contributed by atoms with Gasteiger partial charge < -0.3 is 30.2 Å². The minimum atomic E-state index is -4.10. The van der Waals surface area contributed by atoms with Crippen LogP contribution in [0.5, 0.6) is 0 Å². The van der Waals surface area contributed by atoms with Crippen LogP contribution in [0.25, 0.3) is 21.6 Å². The Morgan fingerprint density at radius 1 is 1.18 bits per heavy atom. The number of aromatic nitrogens is 4. The number of aliphatic hydroxyl groups excluding tert-OH is 2. The maximum Gasteiger partial charge on any atom is 0.323 e. The summed E-state index contributed by atoms with van der Waals surface area (Å²) in [7, 11) is -4.10. The molecule has 0 bridgehead atoms. The molecule has 18 nitrogen and oxygen atoms in total. The van der Waals surface area contributed by atoms with Gasteiger partial charge in [-0.3, -0.25) is 18.7 Å². The summed E-state index contributed by atoms with van der Waals surface area (Å²) < 4.78 is 31.8. The first-order valence-electron chi connectivity index (χ1n) is 14.1. The van der Waals surface area contributed by atoms with Crippen LogP contribution < -0.4 is 15.9 Å². The lowest BCUT2D eigenvalue weighted by Crippen LogP contribution is -2.42. The minimum Gasteiger partial charge on any atom is -0.465 e. The Labute approximate surface area is 253 Å². The number of nitrogens with zero attached hydrogens (tertiary/aromatic N) is 7. The van der Waals surface area contributed by atoms with E-state index < -0.39 is 55.6 Å². The molecule has 242 valence electrons. The number of rotatable bonds is 16. The Kier molecular flexibility index (Phi) is 12.2. The average Bonchev–Trinajstić information content (AvgIpc) is 3.52. The molecule has 3 heterocycles. The van der Waals surface area contributed by atoms with Crippen molar-refractivity contribution in [2.75, 3.05) is 18.9 Å². The summed E-state index contributed by atoms with van der Waals surface area (Å²) in [6.45, 7) is 7.02. The Bertz CT molecular complexity index is 1400. The lowest BCUT2D eigenvalue weighted by atomic mass is 10.1. The molecule has 1 fully saturated rings. The lowest BCUT2D eigenvalue weighted by molar-refractivity contribution is -0.145. The van der Waals surface area contributed by atoms with Gasteiger partial charge >= 0.3 is 11.9 Å². The number of anilines is 1. The Balaban J connectivity index is 1.95. The second-order valence-corrected chi connectivity index (χ2v) is 12.3. The van der Waals surface area contributed by atoms with Gasteiger partial charge in [0.15, 0.2) is 23.4 Å². The standard InChI is InChI=1S/C25H39N10O8P/c1-5-7-10-41-23(38)15(3)31-44(40,32-16(4)24(39)42-11-8-6-2)12-9-25(33-34-27)19(37)18(36)22(43-25)35-14-30-17-20(26)28-13-29-21(17)35/h9,12-16,18-19,22,36-37H,5-8,10-11H2,1-4H3,(H2,26,28,29)(H2,31,32,40)/b12-9+/t15-,16-,18+,19-,22+,25+/m0/s1. The molecule has 3 rings (SSSR count). The summed E-state index contributed by atoms with van der Waals surface area (Å²) in [6, 6.07) is -2.24. The van der Waals surface area contributed by atoms with Gasteiger partial charge in [-0.2, -0.15) is 0 Å². The molecule has 0 radical (unpaired) electrons. The van der Waals surface area contributed by atoms with E-state index in [1.807, 2.05) is 13.8 Å². The van der Waals surface area contributed by atoms with Gasteiger partial charge in [-0.15, -0.1) is 0 Å². The van der Waals surface area contributed by atoms with Crippen molar-refractivity contribution in [1.82, 2.24) is 29.7 Å². The quantitative estimate of drug-likeness (QED) is 0.0440. The summed E-state index contributed by atoms with van der Waals surface area (Å²) in [5.41, 5.74) is 13.3. The lowest BCUT2D eigenvalue weighted by Gasteiger charge is -2.27. The maximum absolute atomic E-state index is 14.2. The van der Waals surface area contributed by atoms with E-state index >= 15 is 0 Å². The predicted molar refractivity (Wildman–Crippen MR) is 157 cm³/mol. The molecule has 0 aliphatic carbocycles. The van der Waals surface area contributed by atoms with Crippen LogP contribution in [0.2, 0.25) is 0 Å². The van der Waals surface area contributed by atoms with Gasteiger partial charge in [-0.25, -0.2) is 25.1 Å². The van der Waals surface area contributed by atoms with Crippen LogP contribution in [-0.2, 0) is 28.4 Å². The van der Waals surface area contributed by atoms with Gasteiger partial charge in [0.25, 0.3) is 0 Å². The van der Waals surface area contributed by atoms with Crippen LogP contribution in [-0.4, -0.2) is 84.9 Å². The summed E-state index contributed by atoms with van der Waals surface area (Å²) in [5.74, 6) is -0.348. The van der Waals surface area contributed by atoms with E-state index in [0.717, 1.165) is 24.7 Å². The fraction of sp³-hybridized carbons (Fsp3) is 0.640. The van der Waals surface area contributed by atoms with E-state index in [2.05, 4.69) is 35.2 Å². The highest BCUT2D eigenvalue weighted by atomic mass is 31.2. The number of ether oxygens (including phenoxy) is 3. The highest BCUT2D eigenvalue weighted by molar-refractivity contribution is 7.63. The van der Waals surface area contributed by atoms with Crippen molar-refractivity contribution < 1.29 is 38.6 Å². The predicted octanol–water partition coefficient (Wildman–Crippen LogP) is 2.02. The van der Waals surface area contributed by atoms with Gasteiger partial charge in [-0.05, 0) is 38.3 Å². The van der Waals surface area contributed by atoms with E-state index in [0.29, 0.717) is 12.8 Å². The molecule has 0 amide bonds. The van der Waals surface area contributed by atoms with Crippen molar-refractivity contribution in [3.05, 3.63) is 35.0 Å². The van der Waals surface area contributed by atoms with Crippen molar-refractivity contribution in [3.63, 3.8) is 0 Å². The number of unbranched alkanes of at least 4 members (excludes halogenated alkanes) is 2. The molecule has 0 aromatic carbocycles. The van der Waals surface area contributed by atoms with Crippen molar-refractivity contribution >= 4 is 36.4 Å².